The summed E-state index contributed by atoms with van der Waals surface area (Å²) in [6.45, 7) is 4.45. The second-order valence-corrected chi connectivity index (χ2v) is 9.97. The number of hydrogen-bond acceptors (Lipinski definition) is 2. The van der Waals surface area contributed by atoms with Crippen molar-refractivity contribution in [1.82, 2.24) is 0 Å². The standard InChI is InChI=1S/C27H32O2/c1-18-4-3-5-19(16-18)10-14-27(29)15-12-25-24-8-6-20-17-21(28)7-9-22(20)23(24)11-13-26(25,27)2/h3-5,7,9-10,14,16-17,23-25,28-29H,6,8,11-13,15H2,1-2H3/b14-10+/t23?,24?,25?,26?,27-/m0/s1. The first-order valence-corrected chi connectivity index (χ1v) is 11.2. The summed E-state index contributed by atoms with van der Waals surface area (Å²) in [5.41, 5.74) is 4.44. The molecule has 5 atom stereocenters. The van der Waals surface area contributed by atoms with Gasteiger partial charge in [-0.15, -0.1) is 0 Å². The molecule has 29 heavy (non-hydrogen) atoms. The van der Waals surface area contributed by atoms with Crippen LogP contribution in [0.15, 0.2) is 48.5 Å². The normalized spacial score (nSPS) is 35.9. The minimum Gasteiger partial charge on any atom is -0.508 e. The number of aromatic hydroxyl groups is 1. The van der Waals surface area contributed by atoms with Crippen LogP contribution < -0.4 is 0 Å². The second kappa shape index (κ2) is 6.74. The molecule has 0 heterocycles. The molecule has 4 unspecified atom stereocenters. The van der Waals surface area contributed by atoms with Gasteiger partial charge in [0.1, 0.15) is 5.75 Å². The average Bonchev–Trinajstić information content (AvgIpc) is 2.97. The van der Waals surface area contributed by atoms with Gasteiger partial charge in [-0.3, -0.25) is 0 Å². The lowest BCUT2D eigenvalue weighted by molar-refractivity contribution is -0.0705. The maximum absolute atomic E-state index is 11.8. The molecule has 0 aliphatic heterocycles. The van der Waals surface area contributed by atoms with E-state index in [0.29, 0.717) is 23.5 Å². The number of aliphatic hydroxyl groups is 1. The summed E-state index contributed by atoms with van der Waals surface area (Å²) >= 11 is 0. The molecule has 2 aromatic rings. The lowest BCUT2D eigenvalue weighted by Crippen LogP contribution is -2.49. The SMILES string of the molecule is Cc1cccc(/C=C/[C@]2(O)CCC3C4CCc5cc(O)ccc5C4CCC32C)c1. The average molecular weight is 389 g/mol. The van der Waals surface area contributed by atoms with Gasteiger partial charge in [-0.1, -0.05) is 55.0 Å². The summed E-state index contributed by atoms with van der Waals surface area (Å²) in [4.78, 5) is 0. The van der Waals surface area contributed by atoms with Gasteiger partial charge in [0.25, 0.3) is 0 Å². The van der Waals surface area contributed by atoms with Gasteiger partial charge in [-0.25, -0.2) is 0 Å². The van der Waals surface area contributed by atoms with Crippen LogP contribution in [0.5, 0.6) is 5.75 Å². The molecule has 152 valence electrons. The molecule has 3 aliphatic carbocycles. The summed E-state index contributed by atoms with van der Waals surface area (Å²) in [5.74, 6) is 2.18. The summed E-state index contributed by atoms with van der Waals surface area (Å²) in [6, 6.07) is 14.5. The van der Waals surface area contributed by atoms with Crippen LogP contribution in [0, 0.1) is 24.2 Å². The number of aryl methyl sites for hydroxylation is 2. The van der Waals surface area contributed by atoms with Crippen molar-refractivity contribution >= 4 is 6.08 Å². The Bertz CT molecular complexity index is 961. The number of phenolic OH excluding ortho intramolecular Hbond substituents is 1. The lowest BCUT2D eigenvalue weighted by atomic mass is 9.53. The Labute approximate surface area is 174 Å². The van der Waals surface area contributed by atoms with Crippen LogP contribution in [0.1, 0.15) is 67.2 Å². The molecule has 0 aromatic heterocycles. The molecule has 0 radical (unpaired) electrons. The largest absolute Gasteiger partial charge is 0.508 e. The smallest absolute Gasteiger partial charge is 0.115 e. The van der Waals surface area contributed by atoms with Crippen LogP contribution in [0.4, 0.5) is 0 Å². The van der Waals surface area contributed by atoms with Gasteiger partial charge in [0.05, 0.1) is 5.60 Å². The molecule has 0 amide bonds. The highest BCUT2D eigenvalue weighted by molar-refractivity contribution is 5.52. The Hall–Kier alpha value is -2.06. The van der Waals surface area contributed by atoms with E-state index in [4.69, 9.17) is 0 Å². The van der Waals surface area contributed by atoms with E-state index in [-0.39, 0.29) is 5.41 Å². The summed E-state index contributed by atoms with van der Waals surface area (Å²) in [5, 5.41) is 21.7. The number of fused-ring (bicyclic) bond motifs is 5. The fourth-order valence-corrected chi connectivity index (χ4v) is 6.90. The van der Waals surface area contributed by atoms with Gasteiger partial charge in [0.15, 0.2) is 0 Å². The van der Waals surface area contributed by atoms with E-state index >= 15 is 0 Å². The van der Waals surface area contributed by atoms with E-state index in [1.165, 1.54) is 28.7 Å². The van der Waals surface area contributed by atoms with Gasteiger partial charge in [0.2, 0.25) is 0 Å². The highest BCUT2D eigenvalue weighted by atomic mass is 16.3. The molecule has 5 rings (SSSR count). The fraction of sp³-hybridized carbons (Fsp3) is 0.481. The number of phenols is 1. The Balaban J connectivity index is 1.43. The van der Waals surface area contributed by atoms with Crippen molar-refractivity contribution in [2.24, 2.45) is 17.3 Å². The number of hydrogen-bond donors (Lipinski definition) is 2. The minimum atomic E-state index is -0.721. The Morgan fingerprint density at radius 1 is 1.03 bits per heavy atom. The molecular weight excluding hydrogens is 356 g/mol. The molecule has 0 spiro atoms. The van der Waals surface area contributed by atoms with Crippen molar-refractivity contribution in [2.75, 3.05) is 0 Å². The molecule has 2 nitrogen and oxygen atoms in total. The van der Waals surface area contributed by atoms with Crippen LogP contribution in [0.3, 0.4) is 0 Å². The maximum atomic E-state index is 11.8. The molecule has 3 aliphatic rings. The van der Waals surface area contributed by atoms with Crippen molar-refractivity contribution in [3.05, 3.63) is 70.8 Å². The molecule has 2 N–H and O–H groups in total. The van der Waals surface area contributed by atoms with Gasteiger partial charge < -0.3 is 10.2 Å². The van der Waals surface area contributed by atoms with Crippen LogP contribution in [-0.4, -0.2) is 15.8 Å². The van der Waals surface area contributed by atoms with E-state index in [9.17, 15) is 10.2 Å². The molecule has 0 bridgehead atoms. The lowest BCUT2D eigenvalue weighted by Gasteiger charge is -2.52. The third kappa shape index (κ3) is 2.95. The van der Waals surface area contributed by atoms with Crippen molar-refractivity contribution < 1.29 is 10.2 Å². The highest BCUT2D eigenvalue weighted by Gasteiger charge is 2.60. The van der Waals surface area contributed by atoms with Crippen molar-refractivity contribution in [1.29, 1.82) is 0 Å². The third-order valence-corrected chi connectivity index (χ3v) is 8.52. The summed E-state index contributed by atoms with van der Waals surface area (Å²) in [6.07, 6.45) is 10.6. The number of rotatable bonds is 2. The van der Waals surface area contributed by atoms with Gasteiger partial charge in [0, 0.05) is 5.41 Å². The number of benzene rings is 2. The first-order valence-electron chi connectivity index (χ1n) is 11.2. The zero-order valence-corrected chi connectivity index (χ0v) is 17.6. The van der Waals surface area contributed by atoms with Gasteiger partial charge >= 0.3 is 0 Å². The van der Waals surface area contributed by atoms with Gasteiger partial charge in [-0.2, -0.15) is 0 Å². The van der Waals surface area contributed by atoms with E-state index < -0.39 is 5.60 Å². The van der Waals surface area contributed by atoms with Crippen LogP contribution in [-0.2, 0) is 6.42 Å². The predicted octanol–water partition coefficient (Wildman–Crippen LogP) is 6.00. The monoisotopic (exact) mass is 388 g/mol. The maximum Gasteiger partial charge on any atom is 0.115 e. The Morgan fingerprint density at radius 2 is 1.90 bits per heavy atom. The molecule has 2 saturated carbocycles. The first-order chi connectivity index (χ1) is 13.9. The van der Waals surface area contributed by atoms with Crippen molar-refractivity contribution in [2.45, 2.75) is 63.9 Å². The van der Waals surface area contributed by atoms with E-state index in [2.05, 4.69) is 56.3 Å². The third-order valence-electron chi connectivity index (χ3n) is 8.52. The van der Waals surface area contributed by atoms with E-state index in [1.807, 2.05) is 12.1 Å². The highest BCUT2D eigenvalue weighted by Crippen LogP contribution is 2.64. The zero-order chi connectivity index (χ0) is 20.2. The van der Waals surface area contributed by atoms with E-state index in [1.54, 1.807) is 0 Å². The predicted molar refractivity (Wildman–Crippen MR) is 118 cm³/mol. The Kier molecular flexibility index (Phi) is 4.40. The van der Waals surface area contributed by atoms with Crippen LogP contribution >= 0.6 is 0 Å². The Morgan fingerprint density at radius 3 is 2.72 bits per heavy atom. The van der Waals surface area contributed by atoms with Gasteiger partial charge in [-0.05, 0) is 92.0 Å². The molecule has 0 saturated heterocycles. The summed E-state index contributed by atoms with van der Waals surface area (Å²) < 4.78 is 0. The topological polar surface area (TPSA) is 40.5 Å². The van der Waals surface area contributed by atoms with Crippen molar-refractivity contribution in [3.63, 3.8) is 0 Å². The fourth-order valence-electron chi connectivity index (χ4n) is 6.90. The summed E-state index contributed by atoms with van der Waals surface area (Å²) in [7, 11) is 0. The van der Waals surface area contributed by atoms with E-state index in [0.717, 1.165) is 32.1 Å². The molecule has 2 heteroatoms. The molecular formula is C27H32O2. The quantitative estimate of drug-likeness (QED) is 0.662. The van der Waals surface area contributed by atoms with Crippen molar-refractivity contribution in [3.8, 4) is 5.75 Å². The second-order valence-electron chi connectivity index (χ2n) is 9.97. The molecule has 2 aromatic carbocycles. The van der Waals surface area contributed by atoms with Crippen LogP contribution in [0.25, 0.3) is 6.08 Å². The first kappa shape index (κ1) is 18.9. The minimum absolute atomic E-state index is 0.0527. The van der Waals surface area contributed by atoms with Crippen LogP contribution in [0.2, 0.25) is 0 Å². The molecule has 2 fully saturated rings. The zero-order valence-electron chi connectivity index (χ0n) is 17.6.